The zero-order valence-corrected chi connectivity index (χ0v) is 16.9. The van der Waals surface area contributed by atoms with Gasteiger partial charge in [-0.15, -0.1) is 0 Å². The Labute approximate surface area is 177 Å². The van der Waals surface area contributed by atoms with Crippen molar-refractivity contribution in [1.82, 2.24) is 14.7 Å². The van der Waals surface area contributed by atoms with Crippen LogP contribution in [0.15, 0.2) is 82.9 Å². The van der Waals surface area contributed by atoms with Crippen molar-refractivity contribution in [2.24, 2.45) is 16.8 Å². The van der Waals surface area contributed by atoms with Crippen LogP contribution in [0.4, 0.5) is 0 Å². The fraction of sp³-hybridized carbons (Fsp3) is 0.0952. The first-order chi connectivity index (χ1) is 14.6. The number of amidine groups is 1. The molecule has 152 valence electrons. The topological polar surface area (TPSA) is 133 Å². The van der Waals surface area contributed by atoms with Gasteiger partial charge in [0.15, 0.2) is 5.84 Å². The highest BCUT2D eigenvalue weighted by molar-refractivity contribution is 7.82. The van der Waals surface area contributed by atoms with Crippen LogP contribution >= 0.6 is 0 Å². The van der Waals surface area contributed by atoms with Crippen molar-refractivity contribution in [2.75, 3.05) is 0 Å². The van der Waals surface area contributed by atoms with E-state index in [1.54, 1.807) is 30.5 Å². The summed E-state index contributed by atoms with van der Waals surface area (Å²) >= 11 is 0. The Morgan fingerprint density at radius 2 is 1.83 bits per heavy atom. The molecule has 0 aliphatic heterocycles. The molecule has 0 bridgehead atoms. The van der Waals surface area contributed by atoms with E-state index in [9.17, 15) is 4.21 Å². The van der Waals surface area contributed by atoms with Gasteiger partial charge in [-0.05, 0) is 42.0 Å². The molecule has 9 heteroatoms. The standard InChI is InChI=1S/C21H21N7OS/c22-13-16-6-10-20(11-7-16)30(29)28(15-19-3-1-2-12-25-19)14-17-4-8-18(9-5-17)21(26-23)27-24/h1-12H,14-15,23-24H2,(H,26,27). The van der Waals surface area contributed by atoms with Gasteiger partial charge in [-0.25, -0.2) is 14.4 Å². The smallest absolute Gasteiger partial charge is 0.166 e. The van der Waals surface area contributed by atoms with Gasteiger partial charge in [0, 0.05) is 18.3 Å². The minimum Gasteiger partial charge on any atom is -0.321 e. The molecule has 0 aliphatic carbocycles. The van der Waals surface area contributed by atoms with Crippen LogP contribution < -0.4 is 17.1 Å². The number of hydrazine groups is 1. The van der Waals surface area contributed by atoms with Crippen LogP contribution in [0.1, 0.15) is 22.4 Å². The minimum absolute atomic E-state index is 0.369. The Bertz CT molecular complexity index is 1060. The summed E-state index contributed by atoms with van der Waals surface area (Å²) in [6.45, 7) is 0.823. The third-order valence-electron chi connectivity index (χ3n) is 4.34. The zero-order chi connectivity index (χ0) is 21.3. The fourth-order valence-electron chi connectivity index (χ4n) is 2.81. The number of nitrogens with one attached hydrogen (secondary N) is 1. The summed E-state index contributed by atoms with van der Waals surface area (Å²) in [6, 6.07) is 21.9. The molecular weight excluding hydrogens is 398 g/mol. The van der Waals surface area contributed by atoms with E-state index >= 15 is 0 Å². The number of hydrogen-bond donors (Lipinski definition) is 3. The van der Waals surface area contributed by atoms with Crippen molar-refractivity contribution in [3.8, 4) is 6.07 Å². The first-order valence-corrected chi connectivity index (χ1v) is 10.2. The molecule has 0 spiro atoms. The van der Waals surface area contributed by atoms with Gasteiger partial charge in [-0.2, -0.15) is 10.4 Å². The normalized spacial score (nSPS) is 12.4. The van der Waals surface area contributed by atoms with Gasteiger partial charge in [-0.3, -0.25) is 4.98 Å². The van der Waals surface area contributed by atoms with E-state index in [2.05, 4.69) is 21.6 Å². The van der Waals surface area contributed by atoms with E-state index in [0.29, 0.717) is 29.4 Å². The molecule has 0 saturated heterocycles. The van der Waals surface area contributed by atoms with E-state index in [4.69, 9.17) is 16.9 Å². The van der Waals surface area contributed by atoms with Crippen LogP contribution in [0.5, 0.6) is 0 Å². The molecule has 5 N–H and O–H groups in total. The van der Waals surface area contributed by atoms with Crippen molar-refractivity contribution in [3.63, 3.8) is 0 Å². The summed E-state index contributed by atoms with van der Waals surface area (Å²) in [4.78, 5) is 4.97. The van der Waals surface area contributed by atoms with Gasteiger partial charge in [-0.1, -0.05) is 30.3 Å². The predicted octanol–water partition coefficient (Wildman–Crippen LogP) is 1.76. The summed E-state index contributed by atoms with van der Waals surface area (Å²) in [5.74, 6) is 11.1. The molecule has 1 unspecified atom stereocenters. The number of benzene rings is 2. The van der Waals surface area contributed by atoms with Crippen LogP contribution in [-0.2, 0) is 24.1 Å². The van der Waals surface area contributed by atoms with Crippen molar-refractivity contribution in [3.05, 3.63) is 95.3 Å². The van der Waals surface area contributed by atoms with Gasteiger partial charge in [0.1, 0.15) is 11.0 Å². The third kappa shape index (κ3) is 5.27. The summed E-state index contributed by atoms with van der Waals surface area (Å²) < 4.78 is 15.1. The van der Waals surface area contributed by atoms with Crippen LogP contribution in [-0.4, -0.2) is 19.3 Å². The molecule has 0 amide bonds. The lowest BCUT2D eigenvalue weighted by atomic mass is 10.1. The van der Waals surface area contributed by atoms with Gasteiger partial charge in [0.05, 0.1) is 28.8 Å². The quantitative estimate of drug-likeness (QED) is 0.231. The maximum absolute atomic E-state index is 13.3. The second-order valence-corrected chi connectivity index (χ2v) is 7.81. The summed E-state index contributed by atoms with van der Waals surface area (Å²) in [5.41, 5.74) is 5.47. The molecule has 1 aromatic heterocycles. The molecule has 0 aliphatic rings. The van der Waals surface area contributed by atoms with Crippen LogP contribution in [0.3, 0.4) is 0 Å². The number of aromatic nitrogens is 1. The van der Waals surface area contributed by atoms with Gasteiger partial charge >= 0.3 is 0 Å². The highest BCUT2D eigenvalue weighted by Crippen LogP contribution is 2.18. The number of nitrogens with zero attached hydrogens (tertiary/aromatic N) is 4. The highest BCUT2D eigenvalue weighted by Gasteiger charge is 2.17. The number of pyridine rings is 1. The highest BCUT2D eigenvalue weighted by atomic mass is 32.2. The molecule has 1 heterocycles. The van der Waals surface area contributed by atoms with Crippen molar-refractivity contribution in [1.29, 1.82) is 5.26 Å². The number of hydrogen-bond acceptors (Lipinski definition) is 6. The first-order valence-electron chi connectivity index (χ1n) is 9.05. The Morgan fingerprint density at radius 1 is 1.10 bits per heavy atom. The lowest BCUT2D eigenvalue weighted by Crippen LogP contribution is -2.32. The van der Waals surface area contributed by atoms with E-state index < -0.39 is 11.0 Å². The molecule has 3 rings (SSSR count). The largest absolute Gasteiger partial charge is 0.321 e. The van der Waals surface area contributed by atoms with Crippen molar-refractivity contribution in [2.45, 2.75) is 18.0 Å². The molecule has 2 aromatic carbocycles. The van der Waals surface area contributed by atoms with Crippen LogP contribution in [0, 0.1) is 11.3 Å². The van der Waals surface area contributed by atoms with E-state index in [1.807, 2.05) is 46.8 Å². The number of nitriles is 1. The molecule has 0 radical (unpaired) electrons. The third-order valence-corrected chi connectivity index (χ3v) is 5.74. The molecule has 3 aromatic rings. The second-order valence-electron chi connectivity index (χ2n) is 6.32. The van der Waals surface area contributed by atoms with E-state index in [0.717, 1.165) is 16.8 Å². The second kappa shape index (κ2) is 10.3. The summed E-state index contributed by atoms with van der Waals surface area (Å²) in [6.07, 6.45) is 1.71. The molecular formula is C21H21N7OS. The molecule has 0 saturated carbocycles. The maximum atomic E-state index is 13.3. The Balaban J connectivity index is 1.85. The van der Waals surface area contributed by atoms with Gasteiger partial charge < -0.3 is 11.3 Å². The van der Waals surface area contributed by atoms with Crippen LogP contribution in [0.25, 0.3) is 0 Å². The Morgan fingerprint density at radius 3 is 2.40 bits per heavy atom. The zero-order valence-electron chi connectivity index (χ0n) is 16.1. The average Bonchev–Trinajstić information content (AvgIpc) is 2.81. The Kier molecular flexibility index (Phi) is 7.24. The van der Waals surface area contributed by atoms with Gasteiger partial charge in [0.2, 0.25) is 0 Å². The predicted molar refractivity (Wildman–Crippen MR) is 116 cm³/mol. The monoisotopic (exact) mass is 419 g/mol. The molecule has 0 fully saturated rings. The minimum atomic E-state index is -1.44. The fourth-order valence-corrected chi connectivity index (χ4v) is 3.99. The lowest BCUT2D eigenvalue weighted by Gasteiger charge is -2.21. The average molecular weight is 420 g/mol. The maximum Gasteiger partial charge on any atom is 0.166 e. The summed E-state index contributed by atoms with van der Waals surface area (Å²) in [7, 11) is -1.44. The molecule has 30 heavy (non-hydrogen) atoms. The molecule has 1 atom stereocenters. The SMILES string of the molecule is N#Cc1ccc(S(=O)N(Cc2ccc(/C(=N/N)NN)cc2)Cc2ccccn2)cc1. The number of nitrogens with two attached hydrogens (primary N) is 2. The number of hydrazone groups is 1. The van der Waals surface area contributed by atoms with Gasteiger partial charge in [0.25, 0.3) is 0 Å². The lowest BCUT2D eigenvalue weighted by molar-refractivity contribution is 0.429. The van der Waals surface area contributed by atoms with Crippen molar-refractivity contribution < 1.29 is 4.21 Å². The van der Waals surface area contributed by atoms with E-state index in [-0.39, 0.29) is 0 Å². The molecule has 8 nitrogen and oxygen atoms in total. The first kappa shape index (κ1) is 21.1. The van der Waals surface area contributed by atoms with E-state index in [1.165, 1.54) is 0 Å². The summed E-state index contributed by atoms with van der Waals surface area (Å²) in [5, 5.41) is 12.6. The Hall–Kier alpha value is -3.58. The van der Waals surface area contributed by atoms with Crippen molar-refractivity contribution >= 4 is 16.8 Å². The van der Waals surface area contributed by atoms with Crippen LogP contribution in [0.2, 0.25) is 0 Å². The number of rotatable bonds is 7.